The van der Waals surface area contributed by atoms with E-state index >= 15 is 0 Å². The highest BCUT2D eigenvalue weighted by molar-refractivity contribution is 6.43. The molecule has 0 radical (unpaired) electrons. The van der Waals surface area contributed by atoms with E-state index in [9.17, 15) is 4.79 Å². The van der Waals surface area contributed by atoms with E-state index in [-0.39, 0.29) is 5.69 Å². The summed E-state index contributed by atoms with van der Waals surface area (Å²) in [6.45, 7) is 0. The number of hydrogen-bond acceptors (Lipinski definition) is 2. The van der Waals surface area contributed by atoms with E-state index in [1.54, 1.807) is 30.3 Å². The molecule has 3 nitrogen and oxygen atoms in total. The van der Waals surface area contributed by atoms with Crippen LogP contribution < -0.4 is 0 Å². The molecule has 0 spiro atoms. The van der Waals surface area contributed by atoms with Gasteiger partial charge in [0.25, 0.3) is 0 Å². The average molecular weight is 268 g/mol. The number of halogens is 2. The summed E-state index contributed by atoms with van der Waals surface area (Å²) in [5.74, 6) is -1.10. The van der Waals surface area contributed by atoms with Crippen molar-refractivity contribution in [2.45, 2.75) is 0 Å². The van der Waals surface area contributed by atoms with Crippen LogP contribution in [0.4, 0.5) is 0 Å². The maximum atomic E-state index is 11.1. The Morgan fingerprint density at radius 1 is 1.12 bits per heavy atom. The standard InChI is InChI=1S/C12H7Cl2NO2/c13-9-5-1-3-7(10(9)14)8-4-2-6-15-11(8)12(16)17/h1-6H,(H,16,17). The van der Waals surface area contributed by atoms with E-state index in [0.717, 1.165) is 0 Å². The maximum absolute atomic E-state index is 11.1. The molecule has 2 aromatic rings. The number of aromatic nitrogens is 1. The van der Waals surface area contributed by atoms with Crippen LogP contribution in [-0.4, -0.2) is 16.1 Å². The van der Waals surface area contributed by atoms with Crippen LogP contribution in [0, 0.1) is 0 Å². The first kappa shape index (κ1) is 11.9. The van der Waals surface area contributed by atoms with Crippen molar-refractivity contribution in [3.63, 3.8) is 0 Å². The second kappa shape index (κ2) is 4.73. The van der Waals surface area contributed by atoms with Gasteiger partial charge in [-0.3, -0.25) is 0 Å². The molecule has 1 aromatic heterocycles. The highest BCUT2D eigenvalue weighted by atomic mass is 35.5. The molecule has 1 heterocycles. The topological polar surface area (TPSA) is 50.2 Å². The van der Waals surface area contributed by atoms with Gasteiger partial charge in [0.15, 0.2) is 5.69 Å². The van der Waals surface area contributed by atoms with Gasteiger partial charge in [-0.15, -0.1) is 0 Å². The fourth-order valence-corrected chi connectivity index (χ4v) is 1.91. The number of carboxylic acids is 1. The van der Waals surface area contributed by atoms with Gasteiger partial charge in [-0.1, -0.05) is 41.4 Å². The minimum atomic E-state index is -1.10. The van der Waals surface area contributed by atoms with Crippen molar-refractivity contribution in [3.05, 3.63) is 52.3 Å². The molecule has 1 aromatic carbocycles. The largest absolute Gasteiger partial charge is 0.476 e. The summed E-state index contributed by atoms with van der Waals surface area (Å²) in [4.78, 5) is 14.9. The first-order valence-corrected chi connectivity index (χ1v) is 5.49. The van der Waals surface area contributed by atoms with Crippen LogP contribution in [-0.2, 0) is 0 Å². The summed E-state index contributed by atoms with van der Waals surface area (Å²) < 4.78 is 0. The van der Waals surface area contributed by atoms with Crippen molar-refractivity contribution in [1.29, 1.82) is 0 Å². The number of carbonyl (C=O) groups is 1. The lowest BCUT2D eigenvalue weighted by Crippen LogP contribution is -2.02. The van der Waals surface area contributed by atoms with E-state index in [4.69, 9.17) is 28.3 Å². The van der Waals surface area contributed by atoms with Gasteiger partial charge in [-0.25, -0.2) is 9.78 Å². The second-order valence-corrected chi connectivity index (χ2v) is 4.09. The predicted octanol–water partition coefficient (Wildman–Crippen LogP) is 3.75. The molecule has 0 aliphatic carbocycles. The first-order chi connectivity index (χ1) is 8.11. The number of pyridine rings is 1. The summed E-state index contributed by atoms with van der Waals surface area (Å²) in [6, 6.07) is 8.36. The minimum Gasteiger partial charge on any atom is -0.476 e. The number of nitrogens with zero attached hydrogens (tertiary/aromatic N) is 1. The molecule has 5 heteroatoms. The third-order valence-electron chi connectivity index (χ3n) is 2.25. The second-order valence-electron chi connectivity index (χ2n) is 3.31. The zero-order valence-electron chi connectivity index (χ0n) is 8.52. The molecular formula is C12H7Cl2NO2. The van der Waals surface area contributed by atoms with Crippen LogP contribution in [0.15, 0.2) is 36.5 Å². The lowest BCUT2D eigenvalue weighted by atomic mass is 10.0. The van der Waals surface area contributed by atoms with Crippen LogP contribution in [0.5, 0.6) is 0 Å². The highest BCUT2D eigenvalue weighted by Crippen LogP contribution is 2.34. The summed E-state index contributed by atoms with van der Waals surface area (Å²) in [5.41, 5.74) is 0.967. The molecule has 0 fully saturated rings. The SMILES string of the molecule is O=C(O)c1ncccc1-c1cccc(Cl)c1Cl. The normalized spacial score (nSPS) is 10.2. The lowest BCUT2D eigenvalue weighted by molar-refractivity contribution is 0.0691. The quantitative estimate of drug-likeness (QED) is 0.902. The Morgan fingerprint density at radius 2 is 1.82 bits per heavy atom. The van der Waals surface area contributed by atoms with Crippen LogP contribution in [0.1, 0.15) is 10.5 Å². The Balaban J connectivity index is 2.69. The molecule has 0 aliphatic rings. The molecule has 0 bridgehead atoms. The van der Waals surface area contributed by atoms with E-state index in [0.29, 0.717) is 21.2 Å². The van der Waals surface area contributed by atoms with Gasteiger partial charge in [-0.05, 0) is 12.1 Å². The van der Waals surface area contributed by atoms with Crippen molar-refractivity contribution >= 4 is 29.2 Å². The summed E-state index contributed by atoms with van der Waals surface area (Å²) in [6.07, 6.45) is 1.42. The maximum Gasteiger partial charge on any atom is 0.355 e. The molecule has 0 aliphatic heterocycles. The molecule has 0 saturated heterocycles. The Morgan fingerprint density at radius 3 is 2.53 bits per heavy atom. The van der Waals surface area contributed by atoms with Crippen molar-refractivity contribution < 1.29 is 9.90 Å². The van der Waals surface area contributed by atoms with Crippen molar-refractivity contribution in [3.8, 4) is 11.1 Å². The monoisotopic (exact) mass is 267 g/mol. The Kier molecular flexibility index (Phi) is 3.31. The Hall–Kier alpha value is -1.58. The fraction of sp³-hybridized carbons (Fsp3) is 0. The fourth-order valence-electron chi connectivity index (χ4n) is 1.50. The third-order valence-corrected chi connectivity index (χ3v) is 3.07. The minimum absolute atomic E-state index is 0.0448. The van der Waals surface area contributed by atoms with Gasteiger partial charge < -0.3 is 5.11 Å². The first-order valence-electron chi connectivity index (χ1n) is 4.74. The molecule has 0 atom stereocenters. The smallest absolute Gasteiger partial charge is 0.355 e. The zero-order valence-corrected chi connectivity index (χ0v) is 10.0. The number of rotatable bonds is 2. The molecule has 0 unspecified atom stereocenters. The van der Waals surface area contributed by atoms with Crippen LogP contribution in [0.25, 0.3) is 11.1 Å². The summed E-state index contributed by atoms with van der Waals surface area (Å²) in [7, 11) is 0. The molecule has 0 amide bonds. The summed E-state index contributed by atoms with van der Waals surface area (Å²) >= 11 is 11.9. The van der Waals surface area contributed by atoms with E-state index in [2.05, 4.69) is 4.98 Å². The van der Waals surface area contributed by atoms with Crippen molar-refractivity contribution in [1.82, 2.24) is 4.98 Å². The Bertz CT molecular complexity index is 584. The number of benzene rings is 1. The van der Waals surface area contributed by atoms with Crippen molar-refractivity contribution in [2.24, 2.45) is 0 Å². The van der Waals surface area contributed by atoms with Gasteiger partial charge in [-0.2, -0.15) is 0 Å². The van der Waals surface area contributed by atoms with Crippen molar-refractivity contribution in [2.75, 3.05) is 0 Å². The van der Waals surface area contributed by atoms with Crippen LogP contribution >= 0.6 is 23.2 Å². The summed E-state index contributed by atoms with van der Waals surface area (Å²) in [5, 5.41) is 9.75. The zero-order chi connectivity index (χ0) is 12.4. The molecule has 1 N–H and O–H groups in total. The number of hydrogen-bond donors (Lipinski definition) is 1. The van der Waals surface area contributed by atoms with E-state index < -0.39 is 5.97 Å². The molecule has 2 rings (SSSR count). The average Bonchev–Trinajstić information content (AvgIpc) is 2.33. The van der Waals surface area contributed by atoms with E-state index in [1.165, 1.54) is 6.20 Å². The third kappa shape index (κ3) is 2.25. The Labute approximate surface area is 108 Å². The molecule has 0 saturated carbocycles. The van der Waals surface area contributed by atoms with E-state index in [1.807, 2.05) is 0 Å². The van der Waals surface area contributed by atoms with Gasteiger partial charge in [0, 0.05) is 17.3 Å². The predicted molar refractivity (Wildman–Crippen MR) is 66.7 cm³/mol. The van der Waals surface area contributed by atoms with Gasteiger partial charge in [0.1, 0.15) is 0 Å². The van der Waals surface area contributed by atoms with Crippen LogP contribution in [0.2, 0.25) is 10.0 Å². The molecule has 17 heavy (non-hydrogen) atoms. The lowest BCUT2D eigenvalue weighted by Gasteiger charge is -2.08. The van der Waals surface area contributed by atoms with Crippen LogP contribution in [0.3, 0.4) is 0 Å². The van der Waals surface area contributed by atoms with Gasteiger partial charge >= 0.3 is 5.97 Å². The van der Waals surface area contributed by atoms with Gasteiger partial charge in [0.05, 0.1) is 10.0 Å². The van der Waals surface area contributed by atoms with Gasteiger partial charge in [0.2, 0.25) is 0 Å². The molecule has 86 valence electrons. The highest BCUT2D eigenvalue weighted by Gasteiger charge is 2.15. The molecular weight excluding hydrogens is 261 g/mol. The number of carboxylic acid groups (broad SMARTS) is 1. The number of aromatic carboxylic acids is 1.